The van der Waals surface area contributed by atoms with E-state index in [1.165, 1.54) is 19.3 Å². The van der Waals surface area contributed by atoms with E-state index in [0.717, 1.165) is 11.1 Å². The minimum absolute atomic E-state index is 0.0323. The summed E-state index contributed by atoms with van der Waals surface area (Å²) >= 11 is 0. The Kier molecular flexibility index (Phi) is 19.0. The number of aliphatic hydroxyl groups excluding tert-OH is 1. The third-order valence-corrected chi connectivity index (χ3v) is 9.19. The molecule has 0 aliphatic carbocycles. The second kappa shape index (κ2) is 22.8. The van der Waals surface area contributed by atoms with Gasteiger partial charge in [0.1, 0.15) is 11.8 Å². The molecule has 6 N–H and O–H groups in total. The van der Waals surface area contributed by atoms with E-state index in [1.54, 1.807) is 38.1 Å². The van der Waals surface area contributed by atoms with E-state index in [1.807, 2.05) is 54.1 Å². The van der Waals surface area contributed by atoms with E-state index >= 15 is 0 Å². The molecule has 2 rings (SSSR count). The fourth-order valence-electron chi connectivity index (χ4n) is 4.88. The van der Waals surface area contributed by atoms with Crippen LogP contribution in [0.15, 0.2) is 72.8 Å². The van der Waals surface area contributed by atoms with Crippen LogP contribution in [0, 0.1) is 11.8 Å². The molecule has 4 amide bonds. The average molecular weight is 757 g/mol. The number of primary amides is 1. The molecule has 4 atom stereocenters. The highest BCUT2D eigenvalue weighted by molar-refractivity contribution is 7.90. The number of methoxy groups -OCH3 is 1. The standard InChI is InChI=1S/C38H52N4O10S/c1-26(2)24-33(38(48)42-53(49,50)23-9-13-34(39)44)52-36(46)21-22-40-37(47)31(25-29-17-19-30(51-4)20-18-29)41-35(45)14-8-12-32(43)27(3)15-16-28-10-6-5-7-11-28/h5-8,10-11,14-20,26-27,31-33,43H,9,12-13,21-25H2,1-4H3,(H2,39,44)(H,40,47)(H,41,45)(H,42,48)/b14-8+,16-15+/t27-,31-,32+,33+/m1/s1. The van der Waals surface area contributed by atoms with Crippen LogP contribution in [-0.4, -0.2) is 80.8 Å². The third kappa shape index (κ3) is 18.3. The molecule has 2 aromatic rings. The number of hydrogen-bond donors (Lipinski definition) is 5. The first kappa shape index (κ1) is 44.1. The third-order valence-electron chi connectivity index (χ3n) is 7.85. The van der Waals surface area contributed by atoms with Crippen molar-refractivity contribution in [3.05, 3.63) is 84.0 Å². The van der Waals surface area contributed by atoms with Crippen molar-refractivity contribution in [2.75, 3.05) is 19.4 Å². The van der Waals surface area contributed by atoms with Gasteiger partial charge in [-0.1, -0.05) is 81.5 Å². The fraction of sp³-hybridized carbons (Fsp3) is 0.447. The van der Waals surface area contributed by atoms with Crippen LogP contribution in [0.2, 0.25) is 0 Å². The Morgan fingerprint density at radius 1 is 0.943 bits per heavy atom. The minimum Gasteiger partial charge on any atom is -0.497 e. The Labute approximate surface area is 311 Å². The van der Waals surface area contributed by atoms with Crippen molar-refractivity contribution >= 4 is 45.7 Å². The summed E-state index contributed by atoms with van der Waals surface area (Å²) in [6, 6.07) is 15.5. The first-order valence-corrected chi connectivity index (χ1v) is 19.0. The molecule has 0 saturated carbocycles. The highest BCUT2D eigenvalue weighted by atomic mass is 32.2. The highest BCUT2D eigenvalue weighted by Crippen LogP contribution is 2.15. The Bertz CT molecular complexity index is 1660. The van der Waals surface area contributed by atoms with Crippen LogP contribution in [0.4, 0.5) is 0 Å². The maximum atomic E-state index is 13.3. The van der Waals surface area contributed by atoms with Crippen LogP contribution in [0.1, 0.15) is 64.0 Å². The molecular weight excluding hydrogens is 705 g/mol. The Hall–Kier alpha value is -5.02. The van der Waals surface area contributed by atoms with Gasteiger partial charge in [0.2, 0.25) is 27.7 Å². The lowest BCUT2D eigenvalue weighted by molar-refractivity contribution is -0.156. The number of carbonyl (C=O) groups excluding carboxylic acids is 5. The summed E-state index contributed by atoms with van der Waals surface area (Å²) < 4.78 is 37.0. The summed E-state index contributed by atoms with van der Waals surface area (Å²) in [6.45, 7) is 5.18. The molecule has 0 aromatic heterocycles. The zero-order valence-electron chi connectivity index (χ0n) is 30.7. The van der Waals surface area contributed by atoms with E-state index in [9.17, 15) is 37.5 Å². The lowest BCUT2D eigenvalue weighted by atomic mass is 10.00. The van der Waals surface area contributed by atoms with Crippen molar-refractivity contribution in [2.24, 2.45) is 17.6 Å². The van der Waals surface area contributed by atoms with Crippen LogP contribution >= 0.6 is 0 Å². The van der Waals surface area contributed by atoms with Gasteiger partial charge in [-0.15, -0.1) is 0 Å². The zero-order valence-corrected chi connectivity index (χ0v) is 31.5. The molecule has 0 spiro atoms. The summed E-state index contributed by atoms with van der Waals surface area (Å²) in [6.07, 6.45) is 4.14. The molecule has 0 aliphatic rings. The van der Waals surface area contributed by atoms with Crippen molar-refractivity contribution in [3.8, 4) is 5.75 Å². The fourth-order valence-corrected chi connectivity index (χ4v) is 5.95. The molecule has 0 heterocycles. The molecule has 53 heavy (non-hydrogen) atoms. The highest BCUT2D eigenvalue weighted by Gasteiger charge is 2.28. The van der Waals surface area contributed by atoms with Gasteiger partial charge < -0.3 is 30.9 Å². The van der Waals surface area contributed by atoms with Gasteiger partial charge in [-0.25, -0.2) is 13.1 Å². The van der Waals surface area contributed by atoms with Crippen molar-refractivity contribution in [1.29, 1.82) is 0 Å². The Balaban J connectivity index is 2.00. The summed E-state index contributed by atoms with van der Waals surface area (Å²) in [5, 5.41) is 15.9. The number of benzene rings is 2. The average Bonchev–Trinajstić information content (AvgIpc) is 3.10. The molecule has 290 valence electrons. The van der Waals surface area contributed by atoms with Crippen LogP contribution in [-0.2, 0) is 45.2 Å². The second-order valence-electron chi connectivity index (χ2n) is 13.0. The van der Waals surface area contributed by atoms with Crippen LogP contribution in [0.25, 0.3) is 6.08 Å². The molecule has 0 radical (unpaired) electrons. The molecule has 0 fully saturated rings. The second-order valence-corrected chi connectivity index (χ2v) is 14.8. The van der Waals surface area contributed by atoms with Gasteiger partial charge in [-0.3, -0.25) is 24.0 Å². The van der Waals surface area contributed by atoms with Crippen molar-refractivity contribution in [1.82, 2.24) is 15.4 Å². The number of ether oxygens (including phenoxy) is 2. The van der Waals surface area contributed by atoms with E-state index in [4.69, 9.17) is 15.2 Å². The number of esters is 1. The zero-order chi connectivity index (χ0) is 39.4. The Morgan fingerprint density at radius 3 is 2.25 bits per heavy atom. The molecule has 0 unspecified atom stereocenters. The molecule has 0 bridgehead atoms. The first-order chi connectivity index (χ1) is 25.1. The number of amides is 4. The molecule has 14 nitrogen and oxygen atoms in total. The first-order valence-electron chi connectivity index (χ1n) is 17.4. The number of nitrogens with one attached hydrogen (secondary N) is 3. The Morgan fingerprint density at radius 2 is 1.62 bits per heavy atom. The van der Waals surface area contributed by atoms with E-state index in [0.29, 0.717) is 5.75 Å². The quantitative estimate of drug-likeness (QED) is 0.0824. The number of hydrogen-bond acceptors (Lipinski definition) is 10. The van der Waals surface area contributed by atoms with Gasteiger partial charge >= 0.3 is 5.97 Å². The molecule has 0 aliphatic heterocycles. The molecule has 2 aromatic carbocycles. The molecule has 15 heteroatoms. The maximum Gasteiger partial charge on any atom is 0.308 e. The van der Waals surface area contributed by atoms with Crippen LogP contribution < -0.4 is 25.8 Å². The largest absolute Gasteiger partial charge is 0.497 e. The van der Waals surface area contributed by atoms with Crippen LogP contribution in [0.5, 0.6) is 5.75 Å². The predicted molar refractivity (Wildman–Crippen MR) is 200 cm³/mol. The van der Waals surface area contributed by atoms with Gasteiger partial charge in [0.05, 0.1) is 25.4 Å². The summed E-state index contributed by atoms with van der Waals surface area (Å²) in [4.78, 5) is 62.5. The molecule has 0 saturated heterocycles. The van der Waals surface area contributed by atoms with Gasteiger partial charge in [0, 0.05) is 25.3 Å². The lowest BCUT2D eigenvalue weighted by Gasteiger charge is -2.20. The summed E-state index contributed by atoms with van der Waals surface area (Å²) in [5.41, 5.74) is 6.76. The predicted octanol–water partition coefficient (Wildman–Crippen LogP) is 2.55. The minimum atomic E-state index is -4.11. The van der Waals surface area contributed by atoms with E-state index in [2.05, 4.69) is 10.6 Å². The number of rotatable bonds is 23. The van der Waals surface area contributed by atoms with E-state index < -0.39 is 63.6 Å². The topological polar surface area (TPSA) is 220 Å². The lowest BCUT2D eigenvalue weighted by Crippen LogP contribution is -2.48. The van der Waals surface area contributed by atoms with Gasteiger partial charge in [-0.05, 0) is 54.5 Å². The monoisotopic (exact) mass is 756 g/mol. The van der Waals surface area contributed by atoms with Crippen molar-refractivity contribution in [3.63, 3.8) is 0 Å². The van der Waals surface area contributed by atoms with Crippen molar-refractivity contribution in [2.45, 2.75) is 77.5 Å². The van der Waals surface area contributed by atoms with Gasteiger partial charge in [0.25, 0.3) is 5.91 Å². The normalized spacial score (nSPS) is 13.9. The smallest absolute Gasteiger partial charge is 0.308 e. The van der Waals surface area contributed by atoms with Gasteiger partial charge in [-0.2, -0.15) is 0 Å². The SMILES string of the molecule is COc1ccc(C[C@@H](NC(=O)/C=C/C[C@H](O)[C@H](C)/C=C/c2ccccc2)C(=O)NCCC(=O)O[C@@H](CC(C)C)C(=O)NS(=O)(=O)CCCC(N)=O)cc1. The van der Waals surface area contributed by atoms with Crippen LogP contribution in [0.3, 0.4) is 0 Å². The summed E-state index contributed by atoms with van der Waals surface area (Å²) in [7, 11) is -2.59. The number of carbonyl (C=O) groups is 5. The summed E-state index contributed by atoms with van der Waals surface area (Å²) in [5.74, 6) is -3.97. The molecular formula is C38H52N4O10S. The van der Waals surface area contributed by atoms with Crippen molar-refractivity contribution < 1.29 is 47.0 Å². The van der Waals surface area contributed by atoms with Gasteiger partial charge in [0.15, 0.2) is 6.10 Å². The van der Waals surface area contributed by atoms with E-state index in [-0.39, 0.29) is 56.9 Å². The number of aliphatic hydroxyl groups is 1. The number of nitrogens with two attached hydrogens (primary N) is 1. The maximum absolute atomic E-state index is 13.3. The number of sulfonamides is 1.